The molecule has 4 heterocycles. The van der Waals surface area contributed by atoms with Crippen LogP contribution in [0.4, 0.5) is 0 Å². The number of ether oxygens (including phenoxy) is 2. The van der Waals surface area contributed by atoms with Gasteiger partial charge in [0.15, 0.2) is 0 Å². The van der Waals surface area contributed by atoms with Crippen molar-refractivity contribution in [2.45, 2.75) is 19.1 Å². The summed E-state index contributed by atoms with van der Waals surface area (Å²) in [5.41, 5.74) is 3.29. The van der Waals surface area contributed by atoms with E-state index >= 15 is 0 Å². The molecule has 0 amide bonds. The third kappa shape index (κ3) is 1.95. The number of hydrogen-bond acceptors (Lipinski definition) is 4. The number of methoxy groups -OCH3 is 1. The second-order valence-corrected chi connectivity index (χ2v) is 5.58. The van der Waals surface area contributed by atoms with Gasteiger partial charge in [0.25, 0.3) is 0 Å². The first-order valence-corrected chi connectivity index (χ1v) is 7.36. The van der Waals surface area contributed by atoms with E-state index in [2.05, 4.69) is 27.6 Å². The number of aryl methyl sites for hydroxylation is 1. The van der Waals surface area contributed by atoms with Gasteiger partial charge in [-0.15, -0.1) is 0 Å². The Bertz CT molecular complexity index is 807. The average molecular weight is 298 g/mol. The lowest BCUT2D eigenvalue weighted by molar-refractivity contribution is 0.0688. The standard InChI is InChI=1S/C16H18N4O2/c1-11-4-3-6-20-15(11)12(8-18-20)16-17-5-7-19(16)13-9-22-10-14(13)21-2/h3-8,13-14H,9-10H2,1-2H3/t13-,14+/m1/s1. The Morgan fingerprint density at radius 2 is 2.23 bits per heavy atom. The van der Waals surface area contributed by atoms with Crippen LogP contribution in [0.15, 0.2) is 36.9 Å². The third-order valence-electron chi connectivity index (χ3n) is 4.31. The van der Waals surface area contributed by atoms with E-state index in [1.165, 1.54) is 5.56 Å². The number of pyridine rings is 1. The molecule has 1 fully saturated rings. The van der Waals surface area contributed by atoms with Gasteiger partial charge in [-0.1, -0.05) is 6.07 Å². The van der Waals surface area contributed by atoms with Crippen molar-refractivity contribution >= 4 is 5.52 Å². The first kappa shape index (κ1) is 13.5. The lowest BCUT2D eigenvalue weighted by atomic mass is 10.1. The molecule has 0 unspecified atom stereocenters. The van der Waals surface area contributed by atoms with E-state index in [0.717, 1.165) is 16.9 Å². The Hall–Kier alpha value is -2.18. The van der Waals surface area contributed by atoms with Crippen molar-refractivity contribution in [3.8, 4) is 11.4 Å². The highest BCUT2D eigenvalue weighted by Crippen LogP contribution is 2.31. The summed E-state index contributed by atoms with van der Waals surface area (Å²) in [5.74, 6) is 0.904. The minimum absolute atomic E-state index is 0.0517. The largest absolute Gasteiger partial charge is 0.377 e. The summed E-state index contributed by atoms with van der Waals surface area (Å²) in [6.45, 7) is 3.34. The maximum absolute atomic E-state index is 5.57. The highest BCUT2D eigenvalue weighted by molar-refractivity contribution is 5.78. The van der Waals surface area contributed by atoms with Crippen molar-refractivity contribution in [3.63, 3.8) is 0 Å². The van der Waals surface area contributed by atoms with Gasteiger partial charge in [-0.05, 0) is 18.6 Å². The Morgan fingerprint density at radius 1 is 1.32 bits per heavy atom. The zero-order valence-electron chi connectivity index (χ0n) is 12.6. The Morgan fingerprint density at radius 3 is 3.09 bits per heavy atom. The number of aromatic nitrogens is 4. The smallest absolute Gasteiger partial charge is 0.144 e. The van der Waals surface area contributed by atoms with Crippen LogP contribution >= 0.6 is 0 Å². The quantitative estimate of drug-likeness (QED) is 0.743. The molecule has 0 bridgehead atoms. The van der Waals surface area contributed by atoms with Crippen molar-refractivity contribution in [2.75, 3.05) is 20.3 Å². The molecule has 0 aliphatic carbocycles. The summed E-state index contributed by atoms with van der Waals surface area (Å²) >= 11 is 0. The van der Waals surface area contributed by atoms with Gasteiger partial charge in [-0.2, -0.15) is 5.10 Å². The van der Waals surface area contributed by atoms with Gasteiger partial charge in [0.2, 0.25) is 0 Å². The van der Waals surface area contributed by atoms with Crippen LogP contribution < -0.4 is 0 Å². The first-order chi connectivity index (χ1) is 10.8. The molecule has 0 radical (unpaired) electrons. The molecule has 6 nitrogen and oxygen atoms in total. The maximum atomic E-state index is 5.57. The first-order valence-electron chi connectivity index (χ1n) is 7.36. The number of imidazole rings is 1. The van der Waals surface area contributed by atoms with E-state index in [4.69, 9.17) is 9.47 Å². The van der Waals surface area contributed by atoms with E-state index in [-0.39, 0.29) is 12.1 Å². The normalized spacial score (nSPS) is 21.7. The minimum atomic E-state index is 0.0517. The van der Waals surface area contributed by atoms with Crippen molar-refractivity contribution in [1.82, 2.24) is 19.2 Å². The molecule has 0 saturated carbocycles. The molecule has 1 saturated heterocycles. The van der Waals surface area contributed by atoms with Crippen molar-refractivity contribution in [3.05, 3.63) is 42.5 Å². The Labute approximate surface area is 128 Å². The summed E-state index contributed by atoms with van der Waals surface area (Å²) in [6, 6.07) is 4.23. The lowest BCUT2D eigenvalue weighted by Crippen LogP contribution is -2.24. The minimum Gasteiger partial charge on any atom is -0.377 e. The van der Waals surface area contributed by atoms with Gasteiger partial charge in [-0.3, -0.25) is 0 Å². The summed E-state index contributed by atoms with van der Waals surface area (Å²) < 4.78 is 15.1. The van der Waals surface area contributed by atoms with Crippen molar-refractivity contribution in [2.24, 2.45) is 0 Å². The molecule has 3 aromatic heterocycles. The van der Waals surface area contributed by atoms with Crippen LogP contribution in [0.5, 0.6) is 0 Å². The maximum Gasteiger partial charge on any atom is 0.144 e. The van der Waals surface area contributed by atoms with Gasteiger partial charge in [-0.25, -0.2) is 9.50 Å². The molecule has 0 N–H and O–H groups in total. The second-order valence-electron chi connectivity index (χ2n) is 5.58. The Balaban J connectivity index is 1.85. The fourth-order valence-electron chi connectivity index (χ4n) is 3.18. The number of rotatable bonds is 3. The van der Waals surface area contributed by atoms with Crippen LogP contribution in [0, 0.1) is 6.92 Å². The van der Waals surface area contributed by atoms with Crippen molar-refractivity contribution < 1.29 is 9.47 Å². The molecule has 4 rings (SSSR count). The van der Waals surface area contributed by atoms with Crippen LogP contribution in [0.25, 0.3) is 16.9 Å². The molecule has 1 aliphatic rings. The Kier molecular flexibility index (Phi) is 3.20. The summed E-state index contributed by atoms with van der Waals surface area (Å²) in [6.07, 6.45) is 7.69. The SMILES string of the molecule is CO[C@H]1COC[C@H]1n1ccnc1-c1cnn2cccc(C)c12. The van der Waals surface area contributed by atoms with Gasteiger partial charge in [0.1, 0.15) is 11.9 Å². The van der Waals surface area contributed by atoms with E-state index in [9.17, 15) is 0 Å². The molecular weight excluding hydrogens is 280 g/mol. The number of fused-ring (bicyclic) bond motifs is 1. The van der Waals surface area contributed by atoms with E-state index in [1.807, 2.05) is 35.4 Å². The molecule has 6 heteroatoms. The molecule has 3 aromatic rings. The predicted molar refractivity (Wildman–Crippen MR) is 81.8 cm³/mol. The van der Waals surface area contributed by atoms with Gasteiger partial charge in [0, 0.05) is 25.7 Å². The molecule has 2 atom stereocenters. The number of hydrogen-bond donors (Lipinski definition) is 0. The van der Waals surface area contributed by atoms with Gasteiger partial charge in [0.05, 0.1) is 36.5 Å². The molecule has 0 aromatic carbocycles. The second kappa shape index (κ2) is 5.23. The topological polar surface area (TPSA) is 53.6 Å². The van der Waals surface area contributed by atoms with Crippen LogP contribution in [0.1, 0.15) is 11.6 Å². The summed E-state index contributed by atoms with van der Waals surface area (Å²) in [4.78, 5) is 4.56. The fourth-order valence-corrected chi connectivity index (χ4v) is 3.18. The summed E-state index contributed by atoms with van der Waals surface area (Å²) in [5, 5.41) is 4.44. The van der Waals surface area contributed by atoms with E-state index in [0.29, 0.717) is 13.2 Å². The zero-order chi connectivity index (χ0) is 15.1. The van der Waals surface area contributed by atoms with Crippen LogP contribution in [-0.2, 0) is 9.47 Å². The molecule has 0 spiro atoms. The highest BCUT2D eigenvalue weighted by atomic mass is 16.5. The monoisotopic (exact) mass is 298 g/mol. The average Bonchev–Trinajstić information content (AvgIpc) is 3.24. The van der Waals surface area contributed by atoms with E-state index in [1.54, 1.807) is 7.11 Å². The van der Waals surface area contributed by atoms with Gasteiger partial charge < -0.3 is 14.0 Å². The molecule has 1 aliphatic heterocycles. The zero-order valence-corrected chi connectivity index (χ0v) is 12.6. The fraction of sp³-hybridized carbons (Fsp3) is 0.375. The summed E-state index contributed by atoms with van der Waals surface area (Å²) in [7, 11) is 1.72. The van der Waals surface area contributed by atoms with E-state index < -0.39 is 0 Å². The van der Waals surface area contributed by atoms with Gasteiger partial charge >= 0.3 is 0 Å². The van der Waals surface area contributed by atoms with Crippen molar-refractivity contribution in [1.29, 1.82) is 0 Å². The third-order valence-corrected chi connectivity index (χ3v) is 4.31. The van der Waals surface area contributed by atoms with Crippen LogP contribution in [-0.4, -0.2) is 45.6 Å². The number of nitrogens with zero attached hydrogens (tertiary/aromatic N) is 4. The molecule has 22 heavy (non-hydrogen) atoms. The highest BCUT2D eigenvalue weighted by Gasteiger charge is 2.31. The predicted octanol–water partition coefficient (Wildman–Crippen LogP) is 2.09. The van der Waals surface area contributed by atoms with Crippen LogP contribution in [0.2, 0.25) is 0 Å². The molecule has 114 valence electrons. The van der Waals surface area contributed by atoms with Crippen LogP contribution in [0.3, 0.4) is 0 Å². The lowest BCUT2D eigenvalue weighted by Gasteiger charge is -2.19. The molecular formula is C16H18N4O2.